The highest BCUT2D eigenvalue weighted by molar-refractivity contribution is 7.88. The maximum atomic E-state index is 12.5. The molecule has 1 atom stereocenters. The Labute approximate surface area is 136 Å². The fraction of sp³-hybridized carbons (Fsp3) is 0.600. The molecule has 1 aromatic rings. The van der Waals surface area contributed by atoms with Gasteiger partial charge in [0, 0.05) is 31.9 Å². The number of aromatic nitrogens is 1. The number of nitrogens with zero attached hydrogens (tertiary/aromatic N) is 3. The van der Waals surface area contributed by atoms with Crippen LogP contribution in [-0.4, -0.2) is 60.6 Å². The maximum absolute atomic E-state index is 12.5. The predicted octanol–water partition coefficient (Wildman–Crippen LogP) is 1.07. The summed E-state index contributed by atoms with van der Waals surface area (Å²) in [5.74, 6) is 0. The summed E-state index contributed by atoms with van der Waals surface area (Å²) >= 11 is 0. The summed E-state index contributed by atoms with van der Waals surface area (Å²) in [7, 11) is -3.23. The number of urea groups is 1. The van der Waals surface area contributed by atoms with Gasteiger partial charge in [-0.15, -0.1) is 0 Å². The van der Waals surface area contributed by atoms with Crippen LogP contribution >= 0.6 is 0 Å². The Bertz CT molecular complexity index is 719. The summed E-state index contributed by atoms with van der Waals surface area (Å²) in [6.45, 7) is 2.94. The molecule has 7 nitrogen and oxygen atoms in total. The lowest BCUT2D eigenvalue weighted by Crippen LogP contribution is -2.55. The zero-order chi connectivity index (χ0) is 16.6. The standard InChI is InChI=1S/C15H22N4O3S/c1-11-10-18(6-7-19(11)23(2,21)22)15(20)17-14-9-16-8-12-4-3-5-13(12)14/h8-9,11H,3-7,10H2,1-2H3,(H,17,20)/t11-/m0/s1. The van der Waals surface area contributed by atoms with E-state index in [-0.39, 0.29) is 12.1 Å². The van der Waals surface area contributed by atoms with Crippen LogP contribution in [0.5, 0.6) is 0 Å². The summed E-state index contributed by atoms with van der Waals surface area (Å²) in [5, 5.41) is 2.94. The number of pyridine rings is 1. The normalized spacial score (nSPS) is 22.0. The lowest BCUT2D eigenvalue weighted by atomic mass is 10.1. The lowest BCUT2D eigenvalue weighted by Gasteiger charge is -2.38. The largest absolute Gasteiger partial charge is 0.322 e. The Balaban J connectivity index is 1.68. The number of aryl methyl sites for hydroxylation is 1. The van der Waals surface area contributed by atoms with Crippen LogP contribution in [0.3, 0.4) is 0 Å². The van der Waals surface area contributed by atoms with Gasteiger partial charge in [0.1, 0.15) is 0 Å². The van der Waals surface area contributed by atoms with E-state index in [2.05, 4.69) is 10.3 Å². The molecule has 1 aliphatic carbocycles. The molecule has 2 heterocycles. The van der Waals surface area contributed by atoms with Gasteiger partial charge in [0.15, 0.2) is 0 Å². The van der Waals surface area contributed by atoms with Crippen LogP contribution < -0.4 is 5.32 Å². The third-order valence-corrected chi connectivity index (χ3v) is 5.94. The van der Waals surface area contributed by atoms with Crippen molar-refractivity contribution < 1.29 is 13.2 Å². The van der Waals surface area contributed by atoms with Gasteiger partial charge in [-0.2, -0.15) is 4.31 Å². The predicted molar refractivity (Wildman–Crippen MR) is 87.9 cm³/mol. The first-order chi connectivity index (χ1) is 10.9. The quantitative estimate of drug-likeness (QED) is 0.874. The van der Waals surface area contributed by atoms with Gasteiger partial charge in [-0.1, -0.05) is 0 Å². The third-order valence-electron chi connectivity index (χ3n) is 4.54. The van der Waals surface area contributed by atoms with Gasteiger partial charge in [0.25, 0.3) is 0 Å². The fourth-order valence-corrected chi connectivity index (χ4v) is 4.55. The van der Waals surface area contributed by atoms with Crippen LogP contribution in [0.2, 0.25) is 0 Å². The minimum Gasteiger partial charge on any atom is -0.322 e. The Morgan fingerprint density at radius 2 is 2.09 bits per heavy atom. The molecule has 1 aliphatic heterocycles. The molecule has 0 bridgehead atoms. The molecule has 0 radical (unpaired) electrons. The zero-order valence-corrected chi connectivity index (χ0v) is 14.3. The topological polar surface area (TPSA) is 82.6 Å². The zero-order valence-electron chi connectivity index (χ0n) is 13.4. The monoisotopic (exact) mass is 338 g/mol. The van der Waals surface area contributed by atoms with E-state index in [0.29, 0.717) is 19.6 Å². The van der Waals surface area contributed by atoms with E-state index in [9.17, 15) is 13.2 Å². The van der Waals surface area contributed by atoms with Crippen molar-refractivity contribution in [2.45, 2.75) is 32.2 Å². The van der Waals surface area contributed by atoms with E-state index in [1.165, 1.54) is 21.7 Å². The number of hydrogen-bond donors (Lipinski definition) is 1. The third kappa shape index (κ3) is 3.32. The summed E-state index contributed by atoms with van der Waals surface area (Å²) in [5.41, 5.74) is 3.16. The van der Waals surface area contributed by atoms with E-state index >= 15 is 0 Å². The van der Waals surface area contributed by atoms with E-state index < -0.39 is 10.0 Å². The highest BCUT2D eigenvalue weighted by Gasteiger charge is 2.32. The second kappa shape index (κ2) is 6.09. The first-order valence-corrected chi connectivity index (χ1v) is 9.69. The SMILES string of the molecule is C[C@H]1CN(C(=O)Nc2cncc3c2CCC3)CCN1S(C)(=O)=O. The van der Waals surface area contributed by atoms with Crippen molar-refractivity contribution in [1.82, 2.24) is 14.2 Å². The van der Waals surface area contributed by atoms with Crippen molar-refractivity contribution in [3.05, 3.63) is 23.5 Å². The molecule has 126 valence electrons. The van der Waals surface area contributed by atoms with Crippen molar-refractivity contribution in [1.29, 1.82) is 0 Å². The molecular weight excluding hydrogens is 316 g/mol. The number of nitrogens with one attached hydrogen (secondary N) is 1. The van der Waals surface area contributed by atoms with Gasteiger partial charge in [-0.25, -0.2) is 13.2 Å². The Hall–Kier alpha value is -1.67. The number of fused-ring (bicyclic) bond motifs is 1. The van der Waals surface area contributed by atoms with Crippen LogP contribution in [0.1, 0.15) is 24.5 Å². The molecule has 1 N–H and O–H groups in total. The highest BCUT2D eigenvalue weighted by atomic mass is 32.2. The average molecular weight is 338 g/mol. The molecule has 1 saturated heterocycles. The lowest BCUT2D eigenvalue weighted by molar-refractivity contribution is 0.157. The molecule has 0 aromatic carbocycles. The average Bonchev–Trinajstić information content (AvgIpc) is 2.95. The number of amides is 2. The maximum Gasteiger partial charge on any atom is 0.321 e. The molecular formula is C15H22N4O3S. The first-order valence-electron chi connectivity index (χ1n) is 7.85. The summed E-state index contributed by atoms with van der Waals surface area (Å²) in [6.07, 6.45) is 7.83. The van der Waals surface area contributed by atoms with Crippen molar-refractivity contribution >= 4 is 21.7 Å². The number of anilines is 1. The highest BCUT2D eigenvalue weighted by Crippen LogP contribution is 2.28. The minimum atomic E-state index is -3.23. The van der Waals surface area contributed by atoms with Gasteiger partial charge >= 0.3 is 6.03 Å². The van der Waals surface area contributed by atoms with Crippen LogP contribution in [-0.2, 0) is 22.9 Å². The van der Waals surface area contributed by atoms with E-state index in [0.717, 1.165) is 24.9 Å². The Morgan fingerprint density at radius 3 is 2.78 bits per heavy atom. The molecule has 0 spiro atoms. The van der Waals surface area contributed by atoms with Crippen molar-refractivity contribution in [2.75, 3.05) is 31.2 Å². The van der Waals surface area contributed by atoms with Gasteiger partial charge in [0.2, 0.25) is 10.0 Å². The van der Waals surface area contributed by atoms with Gasteiger partial charge in [-0.05, 0) is 37.3 Å². The summed E-state index contributed by atoms with van der Waals surface area (Å²) in [4.78, 5) is 18.3. The van der Waals surface area contributed by atoms with Crippen LogP contribution in [0.4, 0.5) is 10.5 Å². The van der Waals surface area contributed by atoms with Gasteiger partial charge in [-0.3, -0.25) is 4.98 Å². The fourth-order valence-electron chi connectivity index (χ4n) is 3.42. The summed E-state index contributed by atoms with van der Waals surface area (Å²) in [6, 6.07) is -0.406. The van der Waals surface area contributed by atoms with Crippen molar-refractivity contribution in [2.24, 2.45) is 0 Å². The Kier molecular flexibility index (Phi) is 4.29. The number of rotatable bonds is 2. The second-order valence-corrected chi connectivity index (χ2v) is 8.21. The Morgan fingerprint density at radius 1 is 1.30 bits per heavy atom. The second-order valence-electron chi connectivity index (χ2n) is 6.28. The van der Waals surface area contributed by atoms with E-state index in [4.69, 9.17) is 0 Å². The molecule has 8 heteroatoms. The van der Waals surface area contributed by atoms with Gasteiger partial charge in [0.05, 0.1) is 18.1 Å². The molecule has 1 fully saturated rings. The number of carbonyl (C=O) groups excluding carboxylic acids is 1. The van der Waals surface area contributed by atoms with Crippen LogP contribution in [0.15, 0.2) is 12.4 Å². The molecule has 23 heavy (non-hydrogen) atoms. The van der Waals surface area contributed by atoms with Crippen molar-refractivity contribution in [3.8, 4) is 0 Å². The number of piperazine rings is 1. The summed E-state index contributed by atoms with van der Waals surface area (Å²) < 4.78 is 24.8. The molecule has 0 unspecified atom stereocenters. The number of hydrogen-bond acceptors (Lipinski definition) is 4. The molecule has 2 aliphatic rings. The van der Waals surface area contributed by atoms with Crippen LogP contribution in [0.25, 0.3) is 0 Å². The minimum absolute atomic E-state index is 0.188. The molecule has 2 amide bonds. The first kappa shape index (κ1) is 16.2. The molecule has 3 rings (SSSR count). The van der Waals surface area contributed by atoms with E-state index in [1.54, 1.807) is 11.1 Å². The number of sulfonamides is 1. The molecule has 0 saturated carbocycles. The van der Waals surface area contributed by atoms with Crippen molar-refractivity contribution in [3.63, 3.8) is 0 Å². The van der Waals surface area contributed by atoms with Gasteiger partial charge < -0.3 is 10.2 Å². The van der Waals surface area contributed by atoms with Crippen LogP contribution in [0, 0.1) is 0 Å². The van der Waals surface area contributed by atoms with E-state index in [1.807, 2.05) is 13.1 Å². The molecule has 1 aromatic heterocycles. The smallest absolute Gasteiger partial charge is 0.321 e. The number of carbonyl (C=O) groups is 1.